The van der Waals surface area contributed by atoms with Crippen LogP contribution in [0.2, 0.25) is 0 Å². The van der Waals surface area contributed by atoms with Crippen molar-refractivity contribution < 1.29 is 0 Å². The minimum absolute atomic E-state index is 0.752. The fourth-order valence-electron chi connectivity index (χ4n) is 2.74. The Morgan fingerprint density at radius 3 is 2.95 bits per heavy atom. The topological polar surface area (TPSA) is 34.8 Å². The van der Waals surface area contributed by atoms with E-state index in [1.165, 1.54) is 35.0 Å². The second-order valence-corrected chi connectivity index (χ2v) is 5.99. The molecule has 0 bridgehead atoms. The van der Waals surface area contributed by atoms with E-state index >= 15 is 0 Å². The minimum atomic E-state index is 0.752. The molecule has 1 N–H and O–H groups in total. The number of hydrogen-bond acceptors (Lipinski definition) is 2. The summed E-state index contributed by atoms with van der Waals surface area (Å²) in [5, 5.41) is 4.88. The van der Waals surface area contributed by atoms with Gasteiger partial charge in [0.05, 0.1) is 18.6 Å². The molecule has 1 aliphatic carbocycles. The lowest BCUT2D eigenvalue weighted by atomic mass is 10.1. The Morgan fingerprint density at radius 1 is 1.29 bits per heavy atom. The molecule has 0 radical (unpaired) electrons. The highest BCUT2D eigenvalue weighted by molar-refractivity contribution is 5.80. The van der Waals surface area contributed by atoms with Crippen LogP contribution in [0.15, 0.2) is 43.0 Å². The SMILES string of the molecule is Cn1cncc1Cn1ccc2ccc(CNC3CC3)cc21. The van der Waals surface area contributed by atoms with Crippen LogP contribution in [0.4, 0.5) is 0 Å². The molecule has 4 rings (SSSR count). The van der Waals surface area contributed by atoms with Gasteiger partial charge in [-0.25, -0.2) is 4.98 Å². The molecule has 1 aromatic carbocycles. The molecule has 0 unspecified atom stereocenters. The highest BCUT2D eigenvalue weighted by Crippen LogP contribution is 2.22. The van der Waals surface area contributed by atoms with Gasteiger partial charge in [-0.05, 0) is 35.9 Å². The normalized spacial score (nSPS) is 14.9. The molecule has 4 nitrogen and oxygen atoms in total. The van der Waals surface area contributed by atoms with Gasteiger partial charge in [0.2, 0.25) is 0 Å². The maximum atomic E-state index is 4.20. The number of hydrogen-bond donors (Lipinski definition) is 1. The van der Waals surface area contributed by atoms with E-state index in [9.17, 15) is 0 Å². The molecular weight excluding hydrogens is 260 g/mol. The summed E-state index contributed by atoms with van der Waals surface area (Å²) in [4.78, 5) is 4.20. The number of imidazole rings is 1. The van der Waals surface area contributed by atoms with E-state index in [0.29, 0.717) is 0 Å². The smallest absolute Gasteiger partial charge is 0.0946 e. The summed E-state index contributed by atoms with van der Waals surface area (Å²) in [6.07, 6.45) is 8.62. The third-order valence-electron chi connectivity index (χ3n) is 4.26. The van der Waals surface area contributed by atoms with Crippen LogP contribution >= 0.6 is 0 Å². The van der Waals surface area contributed by atoms with Crippen LogP contribution in [0, 0.1) is 0 Å². The highest BCUT2D eigenvalue weighted by atomic mass is 15.1. The molecule has 2 heterocycles. The van der Waals surface area contributed by atoms with Crippen LogP contribution in [-0.4, -0.2) is 20.2 Å². The minimum Gasteiger partial charge on any atom is -0.341 e. The molecule has 108 valence electrons. The number of nitrogens with one attached hydrogen (secondary N) is 1. The molecule has 0 atom stereocenters. The van der Waals surface area contributed by atoms with Gasteiger partial charge in [-0.3, -0.25) is 0 Å². The van der Waals surface area contributed by atoms with Gasteiger partial charge < -0.3 is 14.5 Å². The summed E-state index contributed by atoms with van der Waals surface area (Å²) in [7, 11) is 2.04. The molecule has 3 aromatic rings. The van der Waals surface area contributed by atoms with Crippen LogP contribution in [0.25, 0.3) is 10.9 Å². The first kappa shape index (κ1) is 12.7. The van der Waals surface area contributed by atoms with Crippen molar-refractivity contribution >= 4 is 10.9 Å². The molecule has 0 amide bonds. The van der Waals surface area contributed by atoms with Gasteiger partial charge in [-0.2, -0.15) is 0 Å². The summed E-state index contributed by atoms with van der Waals surface area (Å²) >= 11 is 0. The van der Waals surface area contributed by atoms with E-state index in [2.05, 4.69) is 49.9 Å². The maximum Gasteiger partial charge on any atom is 0.0946 e. The summed E-state index contributed by atoms with van der Waals surface area (Å²) in [6.45, 7) is 1.83. The number of rotatable bonds is 5. The predicted octanol–water partition coefficient (Wildman–Crippen LogP) is 2.68. The first-order valence-electron chi connectivity index (χ1n) is 7.56. The van der Waals surface area contributed by atoms with Gasteiger partial charge in [0.15, 0.2) is 0 Å². The van der Waals surface area contributed by atoms with Crippen molar-refractivity contribution in [1.82, 2.24) is 19.4 Å². The lowest BCUT2D eigenvalue weighted by molar-refractivity contribution is 0.687. The van der Waals surface area contributed by atoms with E-state index < -0.39 is 0 Å². The molecule has 1 aliphatic rings. The van der Waals surface area contributed by atoms with E-state index in [4.69, 9.17) is 0 Å². The van der Waals surface area contributed by atoms with Gasteiger partial charge in [0.25, 0.3) is 0 Å². The molecule has 21 heavy (non-hydrogen) atoms. The average molecular weight is 280 g/mol. The van der Waals surface area contributed by atoms with Gasteiger partial charge in [-0.15, -0.1) is 0 Å². The highest BCUT2D eigenvalue weighted by Gasteiger charge is 2.19. The number of aryl methyl sites for hydroxylation is 1. The van der Waals surface area contributed by atoms with Crippen molar-refractivity contribution in [2.45, 2.75) is 32.0 Å². The average Bonchev–Trinajstić information content (AvgIpc) is 3.13. The summed E-state index contributed by atoms with van der Waals surface area (Å²) in [5.74, 6) is 0. The van der Waals surface area contributed by atoms with Crippen LogP contribution in [-0.2, 0) is 20.1 Å². The van der Waals surface area contributed by atoms with E-state index in [1.54, 1.807) is 0 Å². The molecular formula is C17H20N4. The molecule has 2 aromatic heterocycles. The Balaban J connectivity index is 1.61. The van der Waals surface area contributed by atoms with Crippen molar-refractivity contribution in [2.24, 2.45) is 7.05 Å². The third kappa shape index (κ3) is 2.59. The number of benzene rings is 1. The van der Waals surface area contributed by atoms with Gasteiger partial charge in [-0.1, -0.05) is 12.1 Å². The van der Waals surface area contributed by atoms with Crippen molar-refractivity contribution in [3.05, 3.63) is 54.2 Å². The standard InChI is InChI=1S/C17H20N4/c1-20-12-18-10-16(20)11-21-7-6-14-3-2-13(8-17(14)21)9-19-15-4-5-15/h2-3,6-8,10,12,15,19H,4-5,9,11H2,1H3. The molecule has 0 aliphatic heterocycles. The Morgan fingerprint density at radius 2 is 2.19 bits per heavy atom. The van der Waals surface area contributed by atoms with Crippen LogP contribution in [0.1, 0.15) is 24.1 Å². The quantitative estimate of drug-likeness (QED) is 0.780. The van der Waals surface area contributed by atoms with Crippen LogP contribution < -0.4 is 5.32 Å². The van der Waals surface area contributed by atoms with Crippen molar-refractivity contribution in [2.75, 3.05) is 0 Å². The first-order chi connectivity index (χ1) is 10.3. The van der Waals surface area contributed by atoms with Crippen LogP contribution in [0.5, 0.6) is 0 Å². The summed E-state index contributed by atoms with van der Waals surface area (Å²) < 4.78 is 4.37. The number of aromatic nitrogens is 3. The van der Waals surface area contributed by atoms with Crippen molar-refractivity contribution in [1.29, 1.82) is 0 Å². The second kappa shape index (κ2) is 5.04. The summed E-state index contributed by atoms with van der Waals surface area (Å²) in [5.41, 5.74) is 3.87. The Labute approximate surface area is 124 Å². The zero-order valence-corrected chi connectivity index (χ0v) is 12.3. The van der Waals surface area contributed by atoms with Crippen molar-refractivity contribution in [3.63, 3.8) is 0 Å². The lowest BCUT2D eigenvalue weighted by Crippen LogP contribution is -2.15. The molecule has 4 heteroatoms. The molecule has 1 fully saturated rings. The van der Waals surface area contributed by atoms with E-state index in [-0.39, 0.29) is 0 Å². The third-order valence-corrected chi connectivity index (χ3v) is 4.26. The molecule has 0 spiro atoms. The maximum absolute atomic E-state index is 4.20. The molecule has 0 saturated heterocycles. The summed E-state index contributed by atoms with van der Waals surface area (Å²) in [6, 6.07) is 9.69. The zero-order chi connectivity index (χ0) is 14.2. The predicted molar refractivity (Wildman–Crippen MR) is 84.1 cm³/mol. The van der Waals surface area contributed by atoms with E-state index in [0.717, 1.165) is 19.1 Å². The fourth-order valence-corrected chi connectivity index (χ4v) is 2.74. The van der Waals surface area contributed by atoms with Gasteiger partial charge in [0.1, 0.15) is 0 Å². The van der Waals surface area contributed by atoms with Gasteiger partial charge >= 0.3 is 0 Å². The van der Waals surface area contributed by atoms with Gasteiger partial charge in [0, 0.05) is 37.5 Å². The van der Waals surface area contributed by atoms with Crippen molar-refractivity contribution in [3.8, 4) is 0 Å². The zero-order valence-electron chi connectivity index (χ0n) is 12.3. The number of nitrogens with zero attached hydrogens (tertiary/aromatic N) is 3. The monoisotopic (exact) mass is 280 g/mol. The van der Waals surface area contributed by atoms with Crippen LogP contribution in [0.3, 0.4) is 0 Å². The largest absolute Gasteiger partial charge is 0.341 e. The lowest BCUT2D eigenvalue weighted by Gasteiger charge is -2.08. The van der Waals surface area contributed by atoms with E-state index in [1.807, 2.05) is 19.6 Å². The Kier molecular flexibility index (Phi) is 3.04. The first-order valence-corrected chi connectivity index (χ1v) is 7.56. The molecule has 1 saturated carbocycles. The Hall–Kier alpha value is -2.07. The second-order valence-electron chi connectivity index (χ2n) is 5.99. The number of fused-ring (bicyclic) bond motifs is 1. The fraction of sp³-hybridized carbons (Fsp3) is 0.353. The Bertz CT molecular complexity index is 764.